The smallest absolute Gasteiger partial charge is 0.270 e. The van der Waals surface area contributed by atoms with Gasteiger partial charge in [-0.05, 0) is 44.2 Å². The van der Waals surface area contributed by atoms with Crippen LogP contribution in [-0.2, 0) is 0 Å². The Labute approximate surface area is 135 Å². The maximum absolute atomic E-state index is 12.4. The van der Waals surface area contributed by atoms with Gasteiger partial charge < -0.3 is 15.4 Å². The lowest BCUT2D eigenvalue weighted by Crippen LogP contribution is -2.36. The molecule has 1 aliphatic rings. The van der Waals surface area contributed by atoms with Gasteiger partial charge in [0.1, 0.15) is 17.1 Å². The van der Waals surface area contributed by atoms with E-state index < -0.39 is 0 Å². The molecule has 23 heavy (non-hydrogen) atoms. The van der Waals surface area contributed by atoms with Gasteiger partial charge in [0, 0.05) is 30.5 Å². The number of hydrogen-bond acceptors (Lipinski definition) is 5. The number of ether oxygens (including phenoxy) is 1. The first-order valence-corrected chi connectivity index (χ1v) is 7.83. The summed E-state index contributed by atoms with van der Waals surface area (Å²) in [6, 6.07) is 7.39. The SMILES string of the molecule is CCOc1ccc(C(=O)N[C@@H]2CCNC2)nc1-c1cccnc1. The Morgan fingerprint density at radius 2 is 2.35 bits per heavy atom. The second kappa shape index (κ2) is 7.19. The van der Waals surface area contributed by atoms with Crippen LogP contribution in [0, 0.1) is 0 Å². The van der Waals surface area contributed by atoms with Crippen molar-refractivity contribution in [1.82, 2.24) is 20.6 Å². The second-order valence-electron chi connectivity index (χ2n) is 5.38. The van der Waals surface area contributed by atoms with Crippen LogP contribution in [0.4, 0.5) is 0 Å². The highest BCUT2D eigenvalue weighted by molar-refractivity contribution is 5.93. The van der Waals surface area contributed by atoms with Gasteiger partial charge in [0.05, 0.1) is 6.61 Å². The van der Waals surface area contributed by atoms with Gasteiger partial charge in [0.15, 0.2) is 0 Å². The number of carbonyl (C=O) groups excluding carboxylic acids is 1. The van der Waals surface area contributed by atoms with E-state index in [0.717, 1.165) is 25.1 Å². The molecular weight excluding hydrogens is 292 g/mol. The predicted molar refractivity (Wildman–Crippen MR) is 87.4 cm³/mol. The Morgan fingerprint density at radius 3 is 3.04 bits per heavy atom. The molecule has 2 aromatic heterocycles. The topological polar surface area (TPSA) is 76.1 Å². The largest absolute Gasteiger partial charge is 0.492 e. The highest BCUT2D eigenvalue weighted by atomic mass is 16.5. The number of nitrogens with one attached hydrogen (secondary N) is 2. The number of pyridine rings is 2. The minimum Gasteiger partial charge on any atom is -0.492 e. The number of hydrogen-bond donors (Lipinski definition) is 2. The molecule has 2 aromatic rings. The van der Waals surface area contributed by atoms with Crippen LogP contribution in [0.5, 0.6) is 5.75 Å². The van der Waals surface area contributed by atoms with Gasteiger partial charge in [-0.15, -0.1) is 0 Å². The summed E-state index contributed by atoms with van der Waals surface area (Å²) >= 11 is 0. The van der Waals surface area contributed by atoms with E-state index in [2.05, 4.69) is 20.6 Å². The monoisotopic (exact) mass is 312 g/mol. The number of carbonyl (C=O) groups is 1. The van der Waals surface area contributed by atoms with E-state index in [-0.39, 0.29) is 11.9 Å². The van der Waals surface area contributed by atoms with Crippen LogP contribution >= 0.6 is 0 Å². The summed E-state index contributed by atoms with van der Waals surface area (Å²) in [4.78, 5) is 21.0. The van der Waals surface area contributed by atoms with Gasteiger partial charge in [0.2, 0.25) is 0 Å². The standard InChI is InChI=1S/C17H20N4O2/c1-2-23-15-6-5-14(17(22)20-13-7-9-19-11-13)21-16(15)12-4-3-8-18-10-12/h3-6,8,10,13,19H,2,7,9,11H2,1H3,(H,20,22)/t13-/m1/s1. The van der Waals surface area contributed by atoms with Crippen LogP contribution < -0.4 is 15.4 Å². The summed E-state index contributed by atoms with van der Waals surface area (Å²) in [5, 5.41) is 6.23. The maximum atomic E-state index is 12.4. The van der Waals surface area contributed by atoms with Crippen LogP contribution in [0.2, 0.25) is 0 Å². The summed E-state index contributed by atoms with van der Waals surface area (Å²) in [6.07, 6.45) is 4.36. The van der Waals surface area contributed by atoms with Crippen LogP contribution in [-0.4, -0.2) is 41.6 Å². The summed E-state index contributed by atoms with van der Waals surface area (Å²) in [6.45, 7) is 4.19. The van der Waals surface area contributed by atoms with Crippen molar-refractivity contribution >= 4 is 5.91 Å². The zero-order valence-corrected chi connectivity index (χ0v) is 13.1. The number of nitrogens with zero attached hydrogens (tertiary/aromatic N) is 2. The van der Waals surface area contributed by atoms with Gasteiger partial charge in [-0.2, -0.15) is 0 Å². The van der Waals surface area contributed by atoms with Crippen LogP contribution in [0.3, 0.4) is 0 Å². The molecule has 120 valence electrons. The highest BCUT2D eigenvalue weighted by Crippen LogP contribution is 2.27. The Morgan fingerprint density at radius 1 is 1.43 bits per heavy atom. The number of amides is 1. The minimum absolute atomic E-state index is 0.160. The van der Waals surface area contributed by atoms with Gasteiger partial charge in [-0.3, -0.25) is 9.78 Å². The quantitative estimate of drug-likeness (QED) is 0.877. The third kappa shape index (κ3) is 3.65. The summed E-state index contributed by atoms with van der Waals surface area (Å²) < 4.78 is 5.63. The van der Waals surface area contributed by atoms with Crippen LogP contribution in [0.25, 0.3) is 11.3 Å². The fourth-order valence-electron chi connectivity index (χ4n) is 2.59. The fourth-order valence-corrected chi connectivity index (χ4v) is 2.59. The van der Waals surface area contributed by atoms with Crippen molar-refractivity contribution in [3.05, 3.63) is 42.4 Å². The second-order valence-corrected chi connectivity index (χ2v) is 5.38. The average Bonchev–Trinajstić information content (AvgIpc) is 3.09. The fraction of sp³-hybridized carbons (Fsp3) is 0.353. The third-order valence-electron chi connectivity index (χ3n) is 3.72. The van der Waals surface area contributed by atoms with Gasteiger partial charge in [-0.25, -0.2) is 4.98 Å². The molecule has 1 fully saturated rings. The predicted octanol–water partition coefficient (Wildman–Crippen LogP) is 1.63. The van der Waals surface area contributed by atoms with Crippen molar-refractivity contribution in [3.63, 3.8) is 0 Å². The molecule has 0 radical (unpaired) electrons. The first-order valence-electron chi connectivity index (χ1n) is 7.83. The molecule has 3 heterocycles. The molecule has 0 spiro atoms. The molecule has 0 saturated carbocycles. The van der Waals surface area contributed by atoms with Crippen LogP contribution in [0.15, 0.2) is 36.7 Å². The number of rotatable bonds is 5. The van der Waals surface area contributed by atoms with Gasteiger partial charge in [0.25, 0.3) is 5.91 Å². The van der Waals surface area contributed by atoms with E-state index in [4.69, 9.17) is 4.74 Å². The highest BCUT2D eigenvalue weighted by Gasteiger charge is 2.19. The van der Waals surface area contributed by atoms with E-state index in [9.17, 15) is 4.79 Å². The van der Waals surface area contributed by atoms with Gasteiger partial charge in [-0.1, -0.05) is 0 Å². The van der Waals surface area contributed by atoms with Crippen molar-refractivity contribution in [1.29, 1.82) is 0 Å². The van der Waals surface area contributed by atoms with E-state index >= 15 is 0 Å². The molecule has 1 atom stereocenters. The third-order valence-corrected chi connectivity index (χ3v) is 3.72. The molecule has 1 aliphatic heterocycles. The molecule has 1 saturated heterocycles. The first-order chi connectivity index (χ1) is 11.3. The first kappa shape index (κ1) is 15.4. The van der Waals surface area contributed by atoms with E-state index in [1.807, 2.05) is 19.1 Å². The molecule has 6 heteroatoms. The van der Waals surface area contributed by atoms with Crippen molar-refractivity contribution in [3.8, 4) is 17.0 Å². The minimum atomic E-state index is -0.160. The van der Waals surface area contributed by atoms with Crippen molar-refractivity contribution < 1.29 is 9.53 Å². The van der Waals surface area contributed by atoms with Gasteiger partial charge >= 0.3 is 0 Å². The number of aromatic nitrogens is 2. The summed E-state index contributed by atoms with van der Waals surface area (Å²) in [5.74, 6) is 0.492. The molecule has 0 aliphatic carbocycles. The van der Waals surface area contributed by atoms with E-state index in [0.29, 0.717) is 23.7 Å². The molecule has 0 unspecified atom stereocenters. The Balaban J connectivity index is 1.88. The van der Waals surface area contributed by atoms with Crippen molar-refractivity contribution in [2.24, 2.45) is 0 Å². The molecule has 0 bridgehead atoms. The summed E-state index contributed by atoms with van der Waals surface area (Å²) in [5.41, 5.74) is 1.85. The molecule has 3 rings (SSSR count). The summed E-state index contributed by atoms with van der Waals surface area (Å²) in [7, 11) is 0. The molecule has 2 N–H and O–H groups in total. The van der Waals surface area contributed by atoms with E-state index in [1.54, 1.807) is 24.5 Å². The Kier molecular flexibility index (Phi) is 4.83. The Hall–Kier alpha value is -2.47. The zero-order valence-electron chi connectivity index (χ0n) is 13.1. The average molecular weight is 312 g/mol. The van der Waals surface area contributed by atoms with Crippen molar-refractivity contribution in [2.75, 3.05) is 19.7 Å². The van der Waals surface area contributed by atoms with E-state index in [1.165, 1.54) is 0 Å². The Bertz CT molecular complexity index is 670. The lowest BCUT2D eigenvalue weighted by atomic mass is 10.1. The lowest BCUT2D eigenvalue weighted by molar-refractivity contribution is 0.0935. The van der Waals surface area contributed by atoms with Crippen molar-refractivity contribution in [2.45, 2.75) is 19.4 Å². The molecule has 6 nitrogen and oxygen atoms in total. The van der Waals surface area contributed by atoms with Crippen LogP contribution in [0.1, 0.15) is 23.8 Å². The molecular formula is C17H20N4O2. The molecule has 1 amide bonds. The normalized spacial score (nSPS) is 17.0. The molecule has 0 aromatic carbocycles. The lowest BCUT2D eigenvalue weighted by Gasteiger charge is -2.13. The maximum Gasteiger partial charge on any atom is 0.270 e. The zero-order chi connectivity index (χ0) is 16.1.